The molecule has 0 bridgehead atoms. The Morgan fingerprint density at radius 1 is 1.38 bits per heavy atom. The Balaban J connectivity index is 1.49. The fourth-order valence-electron chi connectivity index (χ4n) is 3.35. The lowest BCUT2D eigenvalue weighted by molar-refractivity contribution is -0.122. The molecule has 130 valence electrons. The van der Waals surface area contributed by atoms with Crippen molar-refractivity contribution in [2.24, 2.45) is 5.92 Å². The van der Waals surface area contributed by atoms with Crippen LogP contribution in [0.3, 0.4) is 0 Å². The Kier molecular flexibility index (Phi) is 5.86. The second-order valence-corrected chi connectivity index (χ2v) is 6.62. The van der Waals surface area contributed by atoms with Gasteiger partial charge >= 0.3 is 0 Å². The molecular weight excluding hydrogens is 302 g/mol. The zero-order valence-corrected chi connectivity index (χ0v) is 14.4. The second-order valence-electron chi connectivity index (χ2n) is 6.62. The first kappa shape index (κ1) is 17.0. The largest absolute Gasteiger partial charge is 0.381 e. The number of aromatic nitrogens is 2. The summed E-state index contributed by atoms with van der Waals surface area (Å²) in [5, 5.41) is 3.12. The normalized spacial score (nSPS) is 17.0. The van der Waals surface area contributed by atoms with Gasteiger partial charge in [0.1, 0.15) is 5.82 Å². The molecule has 1 aliphatic heterocycles. The van der Waals surface area contributed by atoms with E-state index in [9.17, 15) is 4.79 Å². The molecular formula is C19H27N3O2. The summed E-state index contributed by atoms with van der Waals surface area (Å²) < 4.78 is 5.38. The van der Waals surface area contributed by atoms with Crippen molar-refractivity contribution in [1.82, 2.24) is 15.3 Å². The van der Waals surface area contributed by atoms with E-state index in [0.29, 0.717) is 6.42 Å². The predicted molar refractivity (Wildman–Crippen MR) is 94.7 cm³/mol. The zero-order valence-electron chi connectivity index (χ0n) is 14.4. The standard InChI is InChI=1S/C19H27N3O2/c1-2-15(19-21-16-7-3-4-8-17(16)22-19)20-18(23)9-5-6-14-10-12-24-13-11-14/h3-4,7-8,14-15H,2,5-6,9-13H2,1H3,(H,20,23)(H,21,22). The van der Waals surface area contributed by atoms with Crippen LogP contribution in [0.1, 0.15) is 57.3 Å². The first-order valence-corrected chi connectivity index (χ1v) is 9.08. The van der Waals surface area contributed by atoms with Gasteiger partial charge in [0.15, 0.2) is 0 Å². The van der Waals surface area contributed by atoms with Gasteiger partial charge in [0.05, 0.1) is 17.1 Å². The van der Waals surface area contributed by atoms with Gasteiger partial charge in [0.25, 0.3) is 0 Å². The molecule has 0 saturated carbocycles. The summed E-state index contributed by atoms with van der Waals surface area (Å²) in [5.41, 5.74) is 1.96. The minimum atomic E-state index is -0.0482. The number of hydrogen-bond acceptors (Lipinski definition) is 3. The quantitative estimate of drug-likeness (QED) is 0.813. The van der Waals surface area contributed by atoms with Crippen LogP contribution < -0.4 is 5.32 Å². The molecule has 1 amide bonds. The van der Waals surface area contributed by atoms with Crippen LogP contribution in [0.5, 0.6) is 0 Å². The van der Waals surface area contributed by atoms with Crippen LogP contribution in [0.2, 0.25) is 0 Å². The van der Waals surface area contributed by atoms with Gasteiger partial charge in [-0.3, -0.25) is 4.79 Å². The Morgan fingerprint density at radius 2 is 2.17 bits per heavy atom. The maximum atomic E-state index is 12.3. The third kappa shape index (κ3) is 4.35. The van der Waals surface area contributed by atoms with Gasteiger partial charge < -0.3 is 15.0 Å². The summed E-state index contributed by atoms with van der Waals surface area (Å²) in [6, 6.07) is 7.91. The summed E-state index contributed by atoms with van der Waals surface area (Å²) in [7, 11) is 0. The van der Waals surface area contributed by atoms with Crippen LogP contribution in [0, 0.1) is 5.92 Å². The van der Waals surface area contributed by atoms with Crippen molar-refractivity contribution in [2.45, 2.75) is 51.5 Å². The number of fused-ring (bicyclic) bond motifs is 1. The van der Waals surface area contributed by atoms with Gasteiger partial charge in [-0.1, -0.05) is 19.1 Å². The third-order valence-electron chi connectivity index (χ3n) is 4.84. The Bertz CT molecular complexity index is 628. The molecule has 5 heteroatoms. The van der Waals surface area contributed by atoms with Crippen molar-refractivity contribution in [2.75, 3.05) is 13.2 Å². The summed E-state index contributed by atoms with van der Waals surface area (Å²) in [4.78, 5) is 20.2. The Labute approximate surface area is 143 Å². The highest BCUT2D eigenvalue weighted by Gasteiger charge is 2.18. The van der Waals surface area contributed by atoms with Crippen LogP contribution in [0.15, 0.2) is 24.3 Å². The SMILES string of the molecule is CCC(NC(=O)CCCC1CCOCC1)c1nc2ccccc2[nH]1. The number of carbonyl (C=O) groups is 1. The molecule has 1 aromatic heterocycles. The van der Waals surface area contributed by atoms with E-state index in [1.807, 2.05) is 24.3 Å². The topological polar surface area (TPSA) is 67.0 Å². The highest BCUT2D eigenvalue weighted by atomic mass is 16.5. The van der Waals surface area contributed by atoms with E-state index in [0.717, 1.165) is 68.1 Å². The molecule has 1 aromatic carbocycles. The fourth-order valence-corrected chi connectivity index (χ4v) is 3.35. The molecule has 2 N–H and O–H groups in total. The molecule has 2 aromatic rings. The number of nitrogens with one attached hydrogen (secondary N) is 2. The van der Waals surface area contributed by atoms with Gasteiger partial charge in [-0.2, -0.15) is 0 Å². The van der Waals surface area contributed by atoms with E-state index in [4.69, 9.17) is 4.74 Å². The van der Waals surface area contributed by atoms with E-state index in [2.05, 4.69) is 22.2 Å². The second kappa shape index (κ2) is 8.29. The van der Waals surface area contributed by atoms with Crippen molar-refractivity contribution < 1.29 is 9.53 Å². The van der Waals surface area contributed by atoms with Crippen LogP contribution in [-0.2, 0) is 9.53 Å². The average Bonchev–Trinajstić information content (AvgIpc) is 3.04. The van der Waals surface area contributed by atoms with Crippen molar-refractivity contribution in [3.05, 3.63) is 30.1 Å². The number of hydrogen-bond donors (Lipinski definition) is 2. The molecule has 0 aliphatic carbocycles. The first-order chi connectivity index (χ1) is 11.8. The van der Waals surface area contributed by atoms with Crippen LogP contribution in [0.25, 0.3) is 11.0 Å². The van der Waals surface area contributed by atoms with Crippen molar-refractivity contribution >= 4 is 16.9 Å². The highest BCUT2D eigenvalue weighted by molar-refractivity contribution is 5.77. The number of para-hydroxylation sites is 2. The number of ether oxygens (including phenoxy) is 1. The van der Waals surface area contributed by atoms with Crippen LogP contribution >= 0.6 is 0 Å². The van der Waals surface area contributed by atoms with Crippen LogP contribution in [-0.4, -0.2) is 29.1 Å². The van der Waals surface area contributed by atoms with Crippen molar-refractivity contribution in [3.8, 4) is 0 Å². The minimum Gasteiger partial charge on any atom is -0.381 e. The zero-order chi connectivity index (χ0) is 16.8. The fraction of sp³-hybridized carbons (Fsp3) is 0.579. The number of H-pyrrole nitrogens is 1. The first-order valence-electron chi connectivity index (χ1n) is 9.08. The molecule has 5 nitrogen and oxygen atoms in total. The number of imidazole rings is 1. The molecule has 1 atom stereocenters. The van der Waals surface area contributed by atoms with Crippen LogP contribution in [0.4, 0.5) is 0 Å². The summed E-state index contributed by atoms with van der Waals surface area (Å²) in [6.07, 6.45) is 5.77. The van der Waals surface area contributed by atoms with E-state index in [1.54, 1.807) is 0 Å². The lowest BCUT2D eigenvalue weighted by atomic mass is 9.94. The number of benzene rings is 1. The molecule has 24 heavy (non-hydrogen) atoms. The monoisotopic (exact) mass is 329 g/mol. The average molecular weight is 329 g/mol. The van der Waals surface area contributed by atoms with Crippen molar-refractivity contribution in [3.63, 3.8) is 0 Å². The molecule has 0 radical (unpaired) electrons. The smallest absolute Gasteiger partial charge is 0.220 e. The molecule has 3 rings (SSSR count). The third-order valence-corrected chi connectivity index (χ3v) is 4.84. The van der Waals surface area contributed by atoms with Crippen molar-refractivity contribution in [1.29, 1.82) is 0 Å². The number of amides is 1. The Morgan fingerprint density at radius 3 is 2.92 bits per heavy atom. The summed E-state index contributed by atoms with van der Waals surface area (Å²) in [6.45, 7) is 3.82. The number of nitrogens with zero attached hydrogens (tertiary/aromatic N) is 1. The maximum absolute atomic E-state index is 12.3. The molecule has 0 spiro atoms. The number of carbonyl (C=O) groups excluding carboxylic acids is 1. The van der Waals surface area contributed by atoms with E-state index in [-0.39, 0.29) is 11.9 Å². The maximum Gasteiger partial charge on any atom is 0.220 e. The predicted octanol–water partition coefficient (Wildman–Crippen LogP) is 3.73. The molecule has 1 aliphatic rings. The van der Waals surface area contributed by atoms with E-state index in [1.165, 1.54) is 0 Å². The summed E-state index contributed by atoms with van der Waals surface area (Å²) >= 11 is 0. The molecule has 1 saturated heterocycles. The van der Waals surface area contributed by atoms with Gasteiger partial charge in [-0.15, -0.1) is 0 Å². The molecule has 2 heterocycles. The summed E-state index contributed by atoms with van der Waals surface area (Å²) in [5.74, 6) is 1.69. The van der Waals surface area contributed by atoms with Gasteiger partial charge in [0.2, 0.25) is 5.91 Å². The minimum absolute atomic E-state index is 0.0482. The highest BCUT2D eigenvalue weighted by Crippen LogP contribution is 2.21. The lowest BCUT2D eigenvalue weighted by Crippen LogP contribution is -2.28. The van der Waals surface area contributed by atoms with E-state index >= 15 is 0 Å². The van der Waals surface area contributed by atoms with Gasteiger partial charge in [-0.25, -0.2) is 4.98 Å². The number of rotatable bonds is 7. The van der Waals surface area contributed by atoms with Gasteiger partial charge in [-0.05, 0) is 50.2 Å². The molecule has 1 unspecified atom stereocenters. The number of aromatic amines is 1. The van der Waals surface area contributed by atoms with Gasteiger partial charge in [0, 0.05) is 19.6 Å². The lowest BCUT2D eigenvalue weighted by Gasteiger charge is -2.21. The Hall–Kier alpha value is -1.88. The molecule has 1 fully saturated rings. The van der Waals surface area contributed by atoms with E-state index < -0.39 is 0 Å².